The zero-order chi connectivity index (χ0) is 33.5. The quantitative estimate of drug-likeness (QED) is 0.115. The third kappa shape index (κ3) is 9.04. The largest absolute Gasteiger partial charge is 0.506 e. The van der Waals surface area contributed by atoms with E-state index in [0.29, 0.717) is 4.90 Å². The molecule has 0 aromatic heterocycles. The zero-order valence-electron chi connectivity index (χ0n) is 23.9. The molecule has 2 unspecified atom stereocenters. The molecule has 0 aliphatic carbocycles. The summed E-state index contributed by atoms with van der Waals surface area (Å²) in [5.41, 5.74) is -0.0105. The SMILES string of the molecule is CCC(C(=O)Nc1cc(O)c(NC(=O)c2ccc(Cl)c(Cl)c2)cc1Cl)S(=O)(=O)c1ccc(SC(CC(=O)OC)C(=O)OC)cc1. The van der Waals surface area contributed by atoms with Gasteiger partial charge in [-0.2, -0.15) is 0 Å². The highest BCUT2D eigenvalue weighted by Gasteiger charge is 2.33. The number of amides is 2. The lowest BCUT2D eigenvalue weighted by Crippen LogP contribution is -2.34. The number of nitrogens with one attached hydrogen (secondary N) is 2. The number of ether oxygens (including phenoxy) is 2. The molecule has 16 heteroatoms. The highest BCUT2D eigenvalue weighted by Crippen LogP contribution is 2.35. The van der Waals surface area contributed by atoms with Crippen molar-refractivity contribution in [3.63, 3.8) is 0 Å². The summed E-state index contributed by atoms with van der Waals surface area (Å²) in [4.78, 5) is 49.9. The predicted molar refractivity (Wildman–Crippen MR) is 172 cm³/mol. The third-order valence-corrected chi connectivity index (χ3v) is 10.8. The molecule has 45 heavy (non-hydrogen) atoms. The van der Waals surface area contributed by atoms with Crippen molar-refractivity contribution in [1.29, 1.82) is 0 Å². The van der Waals surface area contributed by atoms with Gasteiger partial charge in [-0.3, -0.25) is 19.2 Å². The average Bonchev–Trinajstić information content (AvgIpc) is 3.00. The molecule has 240 valence electrons. The number of anilines is 2. The van der Waals surface area contributed by atoms with Crippen LogP contribution in [0.5, 0.6) is 5.75 Å². The van der Waals surface area contributed by atoms with Crippen LogP contribution >= 0.6 is 46.6 Å². The predicted octanol–water partition coefficient (Wildman–Crippen LogP) is 5.99. The van der Waals surface area contributed by atoms with E-state index in [1.54, 1.807) is 0 Å². The molecule has 2 atom stereocenters. The van der Waals surface area contributed by atoms with Gasteiger partial charge < -0.3 is 25.2 Å². The second kappa shape index (κ2) is 15.7. The number of carbonyl (C=O) groups excluding carboxylic acids is 4. The number of benzene rings is 3. The second-order valence-corrected chi connectivity index (χ2v) is 13.9. The molecule has 0 saturated heterocycles. The fourth-order valence-electron chi connectivity index (χ4n) is 3.92. The van der Waals surface area contributed by atoms with Crippen LogP contribution in [-0.2, 0) is 33.7 Å². The van der Waals surface area contributed by atoms with Crippen molar-refractivity contribution in [1.82, 2.24) is 0 Å². The van der Waals surface area contributed by atoms with Crippen molar-refractivity contribution in [3.05, 3.63) is 75.2 Å². The Labute approximate surface area is 278 Å². The Morgan fingerprint density at radius 1 is 0.867 bits per heavy atom. The highest BCUT2D eigenvalue weighted by atomic mass is 35.5. The van der Waals surface area contributed by atoms with Crippen LogP contribution in [-0.4, -0.2) is 62.0 Å². The van der Waals surface area contributed by atoms with Crippen molar-refractivity contribution in [3.8, 4) is 5.75 Å². The minimum atomic E-state index is -4.21. The standard InChI is InChI=1S/C29H27Cl3N2O9S2/c1-4-25(45(40,41)17-8-6-16(7-9-17)44-24(29(39)43-3)14-26(36)42-2)28(38)33-21-13-23(35)22(12-20(21)32)34-27(37)15-5-10-18(30)19(31)11-15/h5-13,24-25,35H,4,14H2,1-3H3,(H,33,38)(H,34,37). The summed E-state index contributed by atoms with van der Waals surface area (Å²) < 4.78 is 36.2. The Balaban J connectivity index is 1.76. The van der Waals surface area contributed by atoms with E-state index >= 15 is 0 Å². The number of halogens is 3. The van der Waals surface area contributed by atoms with Gasteiger partial charge in [0.2, 0.25) is 5.91 Å². The van der Waals surface area contributed by atoms with Crippen LogP contribution in [0.25, 0.3) is 0 Å². The Morgan fingerprint density at radius 2 is 1.53 bits per heavy atom. The van der Waals surface area contributed by atoms with Crippen LogP contribution in [0.3, 0.4) is 0 Å². The summed E-state index contributed by atoms with van der Waals surface area (Å²) in [6.45, 7) is 1.51. The lowest BCUT2D eigenvalue weighted by atomic mass is 10.2. The number of sulfone groups is 1. The molecule has 0 aliphatic heterocycles. The maximum Gasteiger partial charge on any atom is 0.319 e. The van der Waals surface area contributed by atoms with Crippen molar-refractivity contribution >= 4 is 91.5 Å². The molecule has 3 aromatic rings. The minimum Gasteiger partial charge on any atom is -0.506 e. The summed E-state index contributed by atoms with van der Waals surface area (Å²) in [7, 11) is -1.85. The average molecular weight is 718 g/mol. The number of carbonyl (C=O) groups is 4. The van der Waals surface area contributed by atoms with E-state index < -0.39 is 49.8 Å². The molecule has 0 spiro atoms. The Bertz CT molecular complexity index is 1720. The number of esters is 2. The summed E-state index contributed by atoms with van der Waals surface area (Å²) >= 11 is 19.1. The molecule has 3 aromatic carbocycles. The molecule has 0 radical (unpaired) electrons. The molecular formula is C29H27Cl3N2O9S2. The monoisotopic (exact) mass is 716 g/mol. The fourth-order valence-corrected chi connectivity index (χ4v) is 7.09. The Morgan fingerprint density at radius 3 is 2.11 bits per heavy atom. The number of aromatic hydroxyl groups is 1. The van der Waals surface area contributed by atoms with Gasteiger partial charge >= 0.3 is 11.9 Å². The lowest BCUT2D eigenvalue weighted by molar-refractivity contribution is -0.146. The van der Waals surface area contributed by atoms with Gasteiger partial charge in [0, 0.05) is 16.5 Å². The van der Waals surface area contributed by atoms with Crippen molar-refractivity contribution in [2.75, 3.05) is 24.9 Å². The number of rotatable bonds is 12. The number of phenols is 1. The normalized spacial score (nSPS) is 12.5. The second-order valence-electron chi connectivity index (χ2n) is 9.24. The molecule has 3 rings (SSSR count). The summed E-state index contributed by atoms with van der Waals surface area (Å²) in [5, 5.41) is 13.3. The number of phenolic OH excluding ortho intramolecular Hbond substituents is 1. The topological polar surface area (TPSA) is 165 Å². The van der Waals surface area contributed by atoms with Crippen LogP contribution < -0.4 is 10.6 Å². The van der Waals surface area contributed by atoms with Gasteiger partial charge in [0.05, 0.1) is 52.0 Å². The lowest BCUT2D eigenvalue weighted by Gasteiger charge is -2.18. The van der Waals surface area contributed by atoms with Gasteiger partial charge in [-0.15, -0.1) is 11.8 Å². The Kier molecular flexibility index (Phi) is 12.5. The summed E-state index contributed by atoms with van der Waals surface area (Å²) in [5.74, 6) is -3.26. The van der Waals surface area contributed by atoms with Crippen LogP contribution in [0, 0.1) is 0 Å². The zero-order valence-corrected chi connectivity index (χ0v) is 27.8. The number of thioether (sulfide) groups is 1. The molecule has 0 aliphatic rings. The van der Waals surface area contributed by atoms with Gasteiger partial charge in [-0.05, 0) is 55.0 Å². The first-order valence-corrected chi connectivity index (χ1v) is 16.5. The van der Waals surface area contributed by atoms with E-state index in [1.807, 2.05) is 0 Å². The van der Waals surface area contributed by atoms with Crippen LogP contribution in [0.4, 0.5) is 11.4 Å². The summed E-state index contributed by atoms with van der Waals surface area (Å²) in [6.07, 6.45) is -0.357. The number of methoxy groups -OCH3 is 2. The van der Waals surface area contributed by atoms with Crippen LogP contribution in [0.2, 0.25) is 15.1 Å². The van der Waals surface area contributed by atoms with Crippen molar-refractivity contribution in [2.24, 2.45) is 0 Å². The van der Waals surface area contributed by atoms with Gasteiger partial charge in [0.25, 0.3) is 5.91 Å². The van der Waals surface area contributed by atoms with E-state index in [1.165, 1.54) is 69.7 Å². The van der Waals surface area contributed by atoms with Gasteiger partial charge in [-0.1, -0.05) is 41.7 Å². The maximum atomic E-state index is 13.4. The van der Waals surface area contributed by atoms with Crippen molar-refractivity contribution in [2.45, 2.75) is 40.1 Å². The first-order chi connectivity index (χ1) is 21.2. The number of hydrogen-bond acceptors (Lipinski definition) is 10. The van der Waals surface area contributed by atoms with E-state index in [-0.39, 0.29) is 49.7 Å². The minimum absolute atomic E-state index is 0.0762. The molecule has 3 N–H and O–H groups in total. The molecule has 0 fully saturated rings. The van der Waals surface area contributed by atoms with Crippen LogP contribution in [0.15, 0.2) is 64.4 Å². The molecule has 11 nitrogen and oxygen atoms in total. The van der Waals surface area contributed by atoms with Crippen molar-refractivity contribution < 1.29 is 42.2 Å². The third-order valence-electron chi connectivity index (χ3n) is 6.29. The molecule has 0 saturated carbocycles. The molecule has 2 amide bonds. The van der Waals surface area contributed by atoms with Gasteiger partial charge in [-0.25, -0.2) is 8.42 Å². The van der Waals surface area contributed by atoms with Crippen LogP contribution in [0.1, 0.15) is 30.1 Å². The smallest absolute Gasteiger partial charge is 0.319 e. The maximum absolute atomic E-state index is 13.4. The molecule has 0 heterocycles. The van der Waals surface area contributed by atoms with E-state index in [0.717, 1.165) is 17.8 Å². The highest BCUT2D eigenvalue weighted by molar-refractivity contribution is 8.00. The van der Waals surface area contributed by atoms with E-state index in [2.05, 4.69) is 15.4 Å². The van der Waals surface area contributed by atoms with Gasteiger partial charge in [0.1, 0.15) is 16.2 Å². The fraction of sp³-hybridized carbons (Fsp3) is 0.241. The number of hydrogen-bond donors (Lipinski definition) is 3. The Hall–Kier alpha value is -3.49. The molecule has 0 bridgehead atoms. The molecular weight excluding hydrogens is 691 g/mol. The first-order valence-electron chi connectivity index (χ1n) is 13.0. The van der Waals surface area contributed by atoms with E-state index in [9.17, 15) is 32.7 Å². The van der Waals surface area contributed by atoms with Gasteiger partial charge in [0.15, 0.2) is 9.84 Å². The summed E-state index contributed by atoms with van der Waals surface area (Å²) in [6, 6.07) is 11.9. The first kappa shape index (κ1) is 36.0. The van der Waals surface area contributed by atoms with E-state index in [4.69, 9.17) is 39.5 Å².